The number of hydrogen-bond acceptors (Lipinski definition) is 8. The van der Waals surface area contributed by atoms with E-state index in [4.69, 9.17) is 32.4 Å². The second-order valence-corrected chi connectivity index (χ2v) is 19.5. The summed E-state index contributed by atoms with van der Waals surface area (Å²) < 4.78 is 35.7. The lowest BCUT2D eigenvalue weighted by Crippen LogP contribution is -2.25. The van der Waals surface area contributed by atoms with Crippen molar-refractivity contribution in [2.75, 3.05) is 14.2 Å². The lowest BCUT2D eigenvalue weighted by molar-refractivity contribution is 0.0591. The molecule has 0 fully saturated rings. The van der Waals surface area contributed by atoms with Gasteiger partial charge in [-0.3, -0.25) is 0 Å². The fourth-order valence-electron chi connectivity index (χ4n) is 5.78. The lowest BCUT2D eigenvalue weighted by Gasteiger charge is -2.48. The Balaban J connectivity index is 1.62. The van der Waals surface area contributed by atoms with Crippen LogP contribution < -0.4 is 30.3 Å². The molecule has 0 bridgehead atoms. The van der Waals surface area contributed by atoms with Gasteiger partial charge < -0.3 is 23.4 Å². The molecule has 260 valence electrons. The third-order valence-corrected chi connectivity index (χ3v) is 19.1. The number of rotatable bonds is 10. The fraction of sp³-hybridized carbons (Fsp3) is 0.0500. The van der Waals surface area contributed by atoms with Crippen molar-refractivity contribution in [1.82, 2.24) is 0 Å². The van der Waals surface area contributed by atoms with E-state index in [0.717, 1.165) is 21.2 Å². The summed E-state index contributed by atoms with van der Waals surface area (Å²) >= 11 is 0. The molecule has 12 heteroatoms. The molecule has 1 aliphatic heterocycles. The van der Waals surface area contributed by atoms with Gasteiger partial charge in [0.1, 0.15) is 22.1 Å². The van der Waals surface area contributed by atoms with Crippen LogP contribution >= 0.6 is 22.4 Å². The molecule has 1 aliphatic rings. The number of nitrogens with zero attached hydrogens (tertiary/aromatic N) is 3. The van der Waals surface area contributed by atoms with E-state index in [-0.39, 0.29) is 11.1 Å². The number of benzene rings is 6. The van der Waals surface area contributed by atoms with Crippen LogP contribution in [0, 0.1) is 0 Å². The zero-order valence-corrected chi connectivity index (χ0v) is 31.0. The summed E-state index contributed by atoms with van der Waals surface area (Å²) in [5.41, 5.74) is 0.568. The molecule has 0 atom stereocenters. The quantitative estimate of drug-likeness (QED) is 0.102. The van der Waals surface area contributed by atoms with Gasteiger partial charge in [-0.15, -0.1) is 4.52 Å². The zero-order chi connectivity index (χ0) is 36.0. The highest BCUT2D eigenvalue weighted by molar-refractivity contribution is 8.04. The van der Waals surface area contributed by atoms with Gasteiger partial charge in [-0.05, 0) is 78.5 Å². The molecule has 0 spiro atoms. The predicted octanol–water partition coefficient (Wildman–Crippen LogP) is 9.32. The largest absolute Gasteiger partial charge is 0.498 e. The highest BCUT2D eigenvalue weighted by atomic mass is 31.3. The Kier molecular flexibility index (Phi) is 10.2. The van der Waals surface area contributed by atoms with Crippen molar-refractivity contribution >= 4 is 55.6 Å². The lowest BCUT2D eigenvalue weighted by atomic mass is 10.2. The molecule has 0 N–H and O–H groups in total. The van der Waals surface area contributed by atoms with Crippen LogP contribution in [-0.2, 0) is 9.47 Å². The molecule has 9 nitrogen and oxygen atoms in total. The first-order valence-corrected chi connectivity index (χ1v) is 21.2. The van der Waals surface area contributed by atoms with E-state index in [1.54, 1.807) is 48.5 Å². The molecule has 0 saturated heterocycles. The summed E-state index contributed by atoms with van der Waals surface area (Å²) in [5.74, 6) is -0.452. The van der Waals surface area contributed by atoms with Gasteiger partial charge in [0, 0.05) is 0 Å². The number of ether oxygens (including phenoxy) is 2. The van der Waals surface area contributed by atoms with Crippen molar-refractivity contribution in [2.24, 2.45) is 9.03 Å². The molecule has 6 aromatic rings. The fourth-order valence-corrected chi connectivity index (χ4v) is 18.9. The van der Waals surface area contributed by atoms with Crippen LogP contribution in [0.15, 0.2) is 179 Å². The molecule has 52 heavy (non-hydrogen) atoms. The third-order valence-electron chi connectivity index (χ3n) is 8.17. The van der Waals surface area contributed by atoms with Crippen molar-refractivity contribution < 1.29 is 28.1 Å². The van der Waals surface area contributed by atoms with Gasteiger partial charge in [0.25, 0.3) is 7.66 Å². The smallest absolute Gasteiger partial charge is 0.337 e. The molecular formula is C40H34N3O6P3. The highest BCUT2D eigenvalue weighted by Crippen LogP contribution is 2.85. The second-order valence-electron chi connectivity index (χ2n) is 11.5. The van der Waals surface area contributed by atoms with Gasteiger partial charge in [0.2, 0.25) is 0 Å². The first kappa shape index (κ1) is 35.1. The van der Waals surface area contributed by atoms with Gasteiger partial charge in [0.15, 0.2) is 0 Å². The second kappa shape index (κ2) is 15.1. The minimum Gasteiger partial charge on any atom is -0.498 e. The van der Waals surface area contributed by atoms with E-state index in [1.165, 1.54) is 14.2 Å². The van der Waals surface area contributed by atoms with Crippen molar-refractivity contribution in [3.8, 4) is 11.5 Å². The monoisotopic (exact) mass is 745 g/mol. The van der Waals surface area contributed by atoms with Crippen molar-refractivity contribution in [3.05, 3.63) is 186 Å². The van der Waals surface area contributed by atoms with Crippen LogP contribution in [0.3, 0.4) is 0 Å². The van der Waals surface area contributed by atoms with E-state index < -0.39 is 34.4 Å². The third kappa shape index (κ3) is 6.97. The normalized spacial score (nSPS) is 15.2. The Morgan fingerprint density at radius 2 is 0.923 bits per heavy atom. The summed E-state index contributed by atoms with van der Waals surface area (Å²) in [6.07, 6.45) is 0. The van der Waals surface area contributed by atoms with Gasteiger partial charge in [-0.2, -0.15) is 0 Å². The standard InChI is InChI=1S/C40H34N3O6P3/c1-46-39(44)31-17-15-19-33(29-31)48-52(49-34-20-16-18-32(30-34)40(45)47-2)42-50(35-21-7-3-8-22-35,36-23-9-4-10-24-36)41-51(43-52,37-25-11-5-12-26-37)38-27-13-6-14-28-38/h3-30H,1-2H3. The van der Waals surface area contributed by atoms with Crippen LogP contribution in [0.5, 0.6) is 11.5 Å². The Bertz CT molecular complexity index is 2180. The minimum absolute atomic E-state index is 0.284. The van der Waals surface area contributed by atoms with Crippen molar-refractivity contribution in [3.63, 3.8) is 0 Å². The molecule has 0 amide bonds. The molecule has 0 unspecified atom stereocenters. The highest BCUT2D eigenvalue weighted by Gasteiger charge is 2.52. The molecule has 0 radical (unpaired) electrons. The van der Waals surface area contributed by atoms with Crippen LogP contribution in [0.25, 0.3) is 4.86 Å². The molecule has 0 saturated carbocycles. The number of hydrogen-bond donors (Lipinski definition) is 0. The SMILES string of the molecule is COC(=O)c1cccc(OP2(Oc3cccc(C(=O)OC)c3)=N[P+](c3ccccc3)(c3ccccc3)N=P(c3ccccc3)(c3ccccc3)[N-]2)c1. The van der Waals surface area contributed by atoms with Crippen molar-refractivity contribution in [2.45, 2.75) is 0 Å². The summed E-state index contributed by atoms with van der Waals surface area (Å²) in [4.78, 5) is 31.1. The van der Waals surface area contributed by atoms with Crippen LogP contribution in [-0.4, -0.2) is 26.2 Å². The van der Waals surface area contributed by atoms with Gasteiger partial charge in [-0.1, -0.05) is 114 Å². The maximum absolute atomic E-state index is 12.7. The Labute approximate surface area is 303 Å². The molecule has 7 rings (SSSR count). The number of methoxy groups -OCH3 is 2. The number of carbonyl (C=O) groups is 2. The summed E-state index contributed by atoms with van der Waals surface area (Å²) in [7, 11) is -7.64. The van der Waals surface area contributed by atoms with E-state index in [9.17, 15) is 9.59 Å². The predicted molar refractivity (Wildman–Crippen MR) is 210 cm³/mol. The maximum Gasteiger partial charge on any atom is 0.337 e. The topological polar surface area (TPSA) is 110 Å². The molecular weight excluding hydrogens is 711 g/mol. The summed E-state index contributed by atoms with van der Waals surface area (Å²) in [5, 5.41) is 3.54. The summed E-state index contributed by atoms with van der Waals surface area (Å²) in [6, 6.07) is 53.3. The van der Waals surface area contributed by atoms with E-state index in [1.807, 2.05) is 121 Å². The molecule has 0 aliphatic carbocycles. The average molecular weight is 746 g/mol. The summed E-state index contributed by atoms with van der Waals surface area (Å²) in [6.45, 7) is 0. The van der Waals surface area contributed by atoms with E-state index >= 15 is 0 Å². The van der Waals surface area contributed by atoms with Gasteiger partial charge in [0.05, 0.1) is 25.3 Å². The number of carbonyl (C=O) groups excluding carboxylic acids is 2. The van der Waals surface area contributed by atoms with Gasteiger partial charge >= 0.3 is 19.5 Å². The Morgan fingerprint density at radius 3 is 1.33 bits per heavy atom. The number of esters is 2. The average Bonchev–Trinajstić information content (AvgIpc) is 3.21. The van der Waals surface area contributed by atoms with E-state index in [2.05, 4.69) is 0 Å². The molecule has 1 heterocycles. The van der Waals surface area contributed by atoms with Crippen LogP contribution in [0.1, 0.15) is 20.7 Å². The Hall–Kier alpha value is -5.29. The van der Waals surface area contributed by atoms with Crippen molar-refractivity contribution in [1.29, 1.82) is 0 Å². The van der Waals surface area contributed by atoms with E-state index in [0.29, 0.717) is 11.5 Å². The molecule has 0 aromatic heterocycles. The van der Waals surface area contributed by atoms with Crippen LogP contribution in [0.4, 0.5) is 0 Å². The first-order valence-electron chi connectivity index (χ1n) is 16.3. The van der Waals surface area contributed by atoms with Gasteiger partial charge in [-0.25, -0.2) is 9.59 Å². The molecule has 6 aromatic carbocycles. The Morgan fingerprint density at radius 1 is 0.519 bits per heavy atom. The maximum atomic E-state index is 12.7. The van der Waals surface area contributed by atoms with Crippen LogP contribution in [0.2, 0.25) is 0 Å². The minimum atomic E-state index is -3.91. The first-order chi connectivity index (χ1) is 25.4. The zero-order valence-electron chi connectivity index (χ0n) is 28.3.